The normalized spacial score (nSPS) is 10.7. The Morgan fingerprint density at radius 3 is 1.57 bits per heavy atom. The van der Waals surface area contributed by atoms with E-state index in [0.29, 0.717) is 0 Å². The van der Waals surface area contributed by atoms with E-state index >= 15 is 0 Å². The molecule has 0 aliphatic heterocycles. The predicted octanol–water partition coefficient (Wildman–Crippen LogP) is 4.81. The first-order chi connectivity index (χ1) is 6.91. The van der Waals surface area contributed by atoms with Crippen molar-refractivity contribution in [1.29, 1.82) is 0 Å². The van der Waals surface area contributed by atoms with Crippen LogP contribution >= 0.6 is 16.1 Å². The highest BCUT2D eigenvalue weighted by Gasteiger charge is 1.91. The summed E-state index contributed by atoms with van der Waals surface area (Å²) in [6.07, 6.45) is 14.1. The molecule has 0 saturated heterocycles. The van der Waals surface area contributed by atoms with E-state index in [4.69, 9.17) is 0 Å². The highest BCUT2D eigenvalue weighted by atomic mass is 79.9. The van der Waals surface area contributed by atoms with Crippen molar-refractivity contribution in [2.24, 2.45) is 0 Å². The molecule has 0 heterocycles. The molecular weight excluding hydrogens is 238 g/mol. The maximum absolute atomic E-state index is 3.22. The molecule has 0 saturated carbocycles. The van der Waals surface area contributed by atoms with Crippen LogP contribution in [0.15, 0.2) is 0 Å². The van der Waals surface area contributed by atoms with Gasteiger partial charge in [0, 0.05) is 22.7 Å². The van der Waals surface area contributed by atoms with Crippen molar-refractivity contribution in [1.82, 2.24) is 4.34 Å². The Morgan fingerprint density at radius 2 is 1.14 bits per heavy atom. The van der Waals surface area contributed by atoms with Crippen LogP contribution in [-0.4, -0.2) is 6.54 Å². The summed E-state index contributed by atoms with van der Waals surface area (Å²) in [6, 6.07) is 0. The lowest BCUT2D eigenvalue weighted by molar-refractivity contribution is 0.556. The summed E-state index contributed by atoms with van der Waals surface area (Å²) in [5.41, 5.74) is 0. The monoisotopic (exact) mass is 263 g/mol. The lowest BCUT2D eigenvalue weighted by Crippen LogP contribution is -1.98. The van der Waals surface area contributed by atoms with Gasteiger partial charge in [0.15, 0.2) is 0 Å². The van der Waals surface area contributed by atoms with Crippen molar-refractivity contribution in [3.05, 3.63) is 0 Å². The van der Waals surface area contributed by atoms with Crippen molar-refractivity contribution in [2.45, 2.75) is 71.1 Å². The molecule has 0 atom stereocenters. The van der Waals surface area contributed by atoms with E-state index in [9.17, 15) is 0 Å². The van der Waals surface area contributed by atoms with Crippen molar-refractivity contribution in [3.63, 3.8) is 0 Å². The van der Waals surface area contributed by atoms with Gasteiger partial charge < -0.3 is 0 Å². The zero-order chi connectivity index (χ0) is 10.5. The molecule has 0 spiro atoms. The molecule has 14 heavy (non-hydrogen) atoms. The van der Waals surface area contributed by atoms with Gasteiger partial charge in [-0.3, -0.25) is 4.34 Å². The molecule has 0 aliphatic carbocycles. The summed E-state index contributed by atoms with van der Waals surface area (Å²) in [7, 11) is 0. The Kier molecular flexibility index (Phi) is 13.9. The quantitative estimate of drug-likeness (QED) is 0.417. The van der Waals surface area contributed by atoms with Crippen LogP contribution in [0.5, 0.6) is 0 Å². The number of nitrogens with one attached hydrogen (secondary N) is 1. The molecule has 0 aromatic carbocycles. The van der Waals surface area contributed by atoms with Gasteiger partial charge in [0.05, 0.1) is 0 Å². The smallest absolute Gasteiger partial charge is 0.00875 e. The van der Waals surface area contributed by atoms with E-state index in [1.54, 1.807) is 0 Å². The molecule has 0 bridgehead atoms. The molecule has 0 fully saturated rings. The van der Waals surface area contributed by atoms with Gasteiger partial charge >= 0.3 is 0 Å². The average Bonchev–Trinajstić information content (AvgIpc) is 2.21. The standard InChI is InChI=1S/C12H26BrN/c1-2-3-4-5-6-7-8-9-10-11-12-14-13/h14H,2-12H2,1H3. The van der Waals surface area contributed by atoms with Crippen LogP contribution < -0.4 is 4.34 Å². The zero-order valence-electron chi connectivity index (χ0n) is 9.66. The molecule has 1 N–H and O–H groups in total. The molecular formula is C12H26BrN. The first kappa shape index (κ1) is 14.4. The minimum absolute atomic E-state index is 1.11. The van der Waals surface area contributed by atoms with Crippen LogP contribution in [-0.2, 0) is 0 Å². The van der Waals surface area contributed by atoms with Gasteiger partial charge in [-0.05, 0) is 6.42 Å². The summed E-state index contributed by atoms with van der Waals surface area (Å²) >= 11 is 3.22. The van der Waals surface area contributed by atoms with Gasteiger partial charge in [0.25, 0.3) is 0 Å². The van der Waals surface area contributed by atoms with E-state index in [2.05, 4.69) is 27.4 Å². The number of halogens is 1. The topological polar surface area (TPSA) is 12.0 Å². The van der Waals surface area contributed by atoms with Crippen LogP contribution in [0.25, 0.3) is 0 Å². The number of hydrogen-bond donors (Lipinski definition) is 1. The SMILES string of the molecule is CCCCCCCCCCCCNBr. The van der Waals surface area contributed by atoms with Crippen molar-refractivity contribution < 1.29 is 0 Å². The fourth-order valence-corrected chi connectivity index (χ4v) is 1.96. The van der Waals surface area contributed by atoms with E-state index < -0.39 is 0 Å². The Hall–Kier alpha value is 0.440. The second kappa shape index (κ2) is 13.4. The summed E-state index contributed by atoms with van der Waals surface area (Å²) in [4.78, 5) is 0. The molecule has 0 aromatic rings. The molecule has 0 aliphatic rings. The number of hydrogen-bond acceptors (Lipinski definition) is 1. The van der Waals surface area contributed by atoms with Crippen LogP contribution in [0.1, 0.15) is 71.1 Å². The summed E-state index contributed by atoms with van der Waals surface area (Å²) in [6.45, 7) is 3.38. The van der Waals surface area contributed by atoms with E-state index in [1.165, 1.54) is 64.2 Å². The van der Waals surface area contributed by atoms with Crippen LogP contribution in [0, 0.1) is 0 Å². The molecule has 0 radical (unpaired) electrons. The minimum Gasteiger partial charge on any atom is -0.256 e. The number of unbranched alkanes of at least 4 members (excludes halogenated alkanes) is 9. The highest BCUT2D eigenvalue weighted by Crippen LogP contribution is 2.10. The van der Waals surface area contributed by atoms with Crippen LogP contribution in [0.2, 0.25) is 0 Å². The van der Waals surface area contributed by atoms with Gasteiger partial charge in [-0.15, -0.1) is 0 Å². The van der Waals surface area contributed by atoms with Crippen molar-refractivity contribution in [3.8, 4) is 0 Å². The van der Waals surface area contributed by atoms with E-state index in [-0.39, 0.29) is 0 Å². The predicted molar refractivity (Wildman–Crippen MR) is 68.8 cm³/mol. The Balaban J connectivity index is 2.78. The van der Waals surface area contributed by atoms with Gasteiger partial charge in [-0.1, -0.05) is 64.7 Å². The van der Waals surface area contributed by atoms with E-state index in [1.807, 2.05) is 0 Å². The van der Waals surface area contributed by atoms with Crippen molar-refractivity contribution in [2.75, 3.05) is 6.54 Å². The molecule has 0 amide bonds. The molecule has 2 heteroatoms. The average molecular weight is 264 g/mol. The van der Waals surface area contributed by atoms with Crippen LogP contribution in [0.4, 0.5) is 0 Å². The fourth-order valence-electron chi connectivity index (χ4n) is 1.68. The maximum atomic E-state index is 3.22. The van der Waals surface area contributed by atoms with Crippen LogP contribution in [0.3, 0.4) is 0 Å². The summed E-state index contributed by atoms with van der Waals surface area (Å²) < 4.78 is 3.01. The first-order valence-electron chi connectivity index (χ1n) is 6.25. The Bertz CT molecular complexity index is 84.3. The molecule has 0 rings (SSSR count). The highest BCUT2D eigenvalue weighted by molar-refractivity contribution is 9.08. The maximum Gasteiger partial charge on any atom is 0.00875 e. The molecule has 0 unspecified atom stereocenters. The van der Waals surface area contributed by atoms with Gasteiger partial charge in [-0.25, -0.2) is 0 Å². The number of rotatable bonds is 11. The molecule has 1 nitrogen and oxygen atoms in total. The van der Waals surface area contributed by atoms with Crippen molar-refractivity contribution >= 4 is 16.1 Å². The minimum atomic E-state index is 1.11. The molecule has 0 aromatic heterocycles. The lowest BCUT2D eigenvalue weighted by atomic mass is 10.1. The zero-order valence-corrected chi connectivity index (χ0v) is 11.2. The third kappa shape index (κ3) is 12.4. The Morgan fingerprint density at radius 1 is 0.714 bits per heavy atom. The summed E-state index contributed by atoms with van der Waals surface area (Å²) in [5, 5.41) is 0. The van der Waals surface area contributed by atoms with Gasteiger partial charge in [0.2, 0.25) is 0 Å². The lowest BCUT2D eigenvalue weighted by Gasteiger charge is -2.01. The van der Waals surface area contributed by atoms with Gasteiger partial charge in [-0.2, -0.15) is 0 Å². The molecule has 86 valence electrons. The third-order valence-electron chi connectivity index (χ3n) is 2.62. The third-order valence-corrected chi connectivity index (χ3v) is 3.02. The van der Waals surface area contributed by atoms with Gasteiger partial charge in [0.1, 0.15) is 0 Å². The Labute approximate surface area is 98.4 Å². The van der Waals surface area contributed by atoms with E-state index in [0.717, 1.165) is 6.54 Å². The second-order valence-electron chi connectivity index (χ2n) is 4.07. The first-order valence-corrected chi connectivity index (χ1v) is 7.04. The fraction of sp³-hybridized carbons (Fsp3) is 1.00. The largest absolute Gasteiger partial charge is 0.256 e. The summed E-state index contributed by atoms with van der Waals surface area (Å²) in [5.74, 6) is 0. The second-order valence-corrected chi connectivity index (χ2v) is 4.63.